The van der Waals surface area contributed by atoms with Gasteiger partial charge in [-0.3, -0.25) is 4.90 Å². The van der Waals surface area contributed by atoms with Crippen molar-refractivity contribution in [2.24, 2.45) is 0 Å². The Bertz CT molecular complexity index is 274. The average molecular weight is 212 g/mol. The van der Waals surface area contributed by atoms with E-state index in [1.165, 1.54) is 7.11 Å². The van der Waals surface area contributed by atoms with Crippen LogP contribution in [0.4, 0.5) is 0 Å². The molecule has 5 heteroatoms. The van der Waals surface area contributed by atoms with E-state index in [0.717, 1.165) is 0 Å². The van der Waals surface area contributed by atoms with Crippen molar-refractivity contribution in [2.45, 2.75) is 32.1 Å². The lowest BCUT2D eigenvalue weighted by Crippen LogP contribution is -2.52. The molecule has 1 fully saturated rings. The van der Waals surface area contributed by atoms with Crippen LogP contribution in [0.3, 0.4) is 0 Å². The minimum absolute atomic E-state index is 0.0568. The summed E-state index contributed by atoms with van der Waals surface area (Å²) in [5.74, 6) is -0.378. The summed E-state index contributed by atoms with van der Waals surface area (Å²) in [7, 11) is 1.34. The molecule has 0 aromatic heterocycles. The molecule has 0 spiro atoms. The maximum atomic E-state index is 11.3. The van der Waals surface area contributed by atoms with Gasteiger partial charge in [-0.25, -0.2) is 4.79 Å². The number of hydrogen-bond donors (Lipinski definition) is 0. The molecule has 0 saturated carbocycles. The number of carbonyl (C=O) groups is 1. The molecule has 0 aromatic rings. The van der Waals surface area contributed by atoms with Crippen LogP contribution >= 0.6 is 0 Å². The molecule has 1 rings (SSSR count). The average Bonchev–Trinajstić information content (AvgIpc) is 2.26. The number of morpholine rings is 1. The molecule has 84 valence electrons. The van der Waals surface area contributed by atoms with E-state index in [1.54, 1.807) is 0 Å². The number of carbonyl (C=O) groups excluding carboxylic acids is 1. The predicted octanol–water partition coefficient (Wildman–Crippen LogP) is 0.161. The molecule has 0 aromatic carbocycles. The third-order valence-electron chi connectivity index (χ3n) is 2.49. The lowest BCUT2D eigenvalue weighted by Gasteiger charge is -2.36. The number of methoxy groups -OCH3 is 1. The van der Waals surface area contributed by atoms with Gasteiger partial charge in [0.25, 0.3) is 0 Å². The summed E-state index contributed by atoms with van der Waals surface area (Å²) < 4.78 is 10.1. The van der Waals surface area contributed by atoms with Crippen LogP contribution in [0.1, 0.15) is 13.8 Å². The topological polar surface area (TPSA) is 62.6 Å². The number of nitriles is 1. The first kappa shape index (κ1) is 12.0. The van der Waals surface area contributed by atoms with E-state index in [0.29, 0.717) is 13.1 Å². The molecule has 5 nitrogen and oxygen atoms in total. The highest BCUT2D eigenvalue weighted by Crippen LogP contribution is 2.14. The Morgan fingerprint density at radius 2 is 2.33 bits per heavy atom. The minimum atomic E-state index is -0.574. The summed E-state index contributed by atoms with van der Waals surface area (Å²) in [5.41, 5.74) is 0. The van der Waals surface area contributed by atoms with Gasteiger partial charge in [0.1, 0.15) is 0 Å². The molecule has 1 aliphatic heterocycles. The van der Waals surface area contributed by atoms with E-state index in [-0.39, 0.29) is 18.1 Å². The van der Waals surface area contributed by atoms with Gasteiger partial charge >= 0.3 is 5.97 Å². The highest BCUT2D eigenvalue weighted by atomic mass is 16.6. The summed E-state index contributed by atoms with van der Waals surface area (Å²) in [6, 6.07) is 1.95. The Morgan fingerprint density at radius 3 is 2.87 bits per heavy atom. The third-order valence-corrected chi connectivity index (χ3v) is 2.49. The van der Waals surface area contributed by atoms with Gasteiger partial charge in [-0.15, -0.1) is 0 Å². The molecule has 0 amide bonds. The van der Waals surface area contributed by atoms with Crippen LogP contribution in [0.5, 0.6) is 0 Å². The van der Waals surface area contributed by atoms with Crippen molar-refractivity contribution in [3.05, 3.63) is 0 Å². The standard InChI is InChI=1S/C10H16N2O3/c1-7(4-11)12-5-8(2)15-9(6-12)10(13)14-3/h7-9H,5-6H2,1-3H3/t7?,8-,9?/m1/s1. The Morgan fingerprint density at radius 1 is 1.67 bits per heavy atom. The molecule has 3 atom stereocenters. The van der Waals surface area contributed by atoms with Crippen molar-refractivity contribution in [1.82, 2.24) is 4.90 Å². The van der Waals surface area contributed by atoms with Crippen molar-refractivity contribution in [2.75, 3.05) is 20.2 Å². The first-order valence-corrected chi connectivity index (χ1v) is 4.95. The molecule has 1 saturated heterocycles. The van der Waals surface area contributed by atoms with E-state index in [1.807, 2.05) is 18.7 Å². The maximum Gasteiger partial charge on any atom is 0.336 e. The molecule has 0 radical (unpaired) electrons. The number of esters is 1. The second-order valence-corrected chi connectivity index (χ2v) is 3.72. The van der Waals surface area contributed by atoms with Crippen molar-refractivity contribution in [3.8, 4) is 6.07 Å². The van der Waals surface area contributed by atoms with Crippen molar-refractivity contribution in [3.63, 3.8) is 0 Å². The smallest absolute Gasteiger partial charge is 0.336 e. The molecule has 1 aliphatic rings. The van der Waals surface area contributed by atoms with Gasteiger partial charge in [-0.1, -0.05) is 0 Å². The van der Waals surface area contributed by atoms with Crippen LogP contribution in [0.25, 0.3) is 0 Å². The molecule has 0 aliphatic carbocycles. The van der Waals surface area contributed by atoms with Gasteiger partial charge < -0.3 is 9.47 Å². The monoisotopic (exact) mass is 212 g/mol. The predicted molar refractivity (Wildman–Crippen MR) is 53.0 cm³/mol. The van der Waals surface area contributed by atoms with Gasteiger partial charge in [-0.05, 0) is 13.8 Å². The van der Waals surface area contributed by atoms with Gasteiger partial charge in [0, 0.05) is 13.1 Å². The Hall–Kier alpha value is -1.12. The van der Waals surface area contributed by atoms with Gasteiger partial charge in [0.15, 0.2) is 6.10 Å². The zero-order chi connectivity index (χ0) is 11.4. The molecule has 2 unspecified atom stereocenters. The summed E-state index contributed by atoms with van der Waals surface area (Å²) in [4.78, 5) is 13.2. The van der Waals surface area contributed by atoms with Crippen LogP contribution in [-0.2, 0) is 14.3 Å². The number of rotatable bonds is 2. The van der Waals surface area contributed by atoms with Crippen LogP contribution in [0.2, 0.25) is 0 Å². The van der Waals surface area contributed by atoms with Gasteiger partial charge in [0.2, 0.25) is 0 Å². The fourth-order valence-electron chi connectivity index (χ4n) is 1.64. The highest BCUT2D eigenvalue weighted by Gasteiger charge is 2.32. The molecular formula is C10H16N2O3. The number of hydrogen-bond acceptors (Lipinski definition) is 5. The summed E-state index contributed by atoms with van der Waals surface area (Å²) in [6.07, 6.45) is -0.631. The lowest BCUT2D eigenvalue weighted by molar-refractivity contribution is -0.166. The Balaban J connectivity index is 2.64. The van der Waals surface area contributed by atoms with Gasteiger partial charge in [-0.2, -0.15) is 5.26 Å². The van der Waals surface area contributed by atoms with E-state index in [4.69, 9.17) is 10.00 Å². The third kappa shape index (κ3) is 2.91. The van der Waals surface area contributed by atoms with E-state index < -0.39 is 6.10 Å². The summed E-state index contributed by atoms with van der Waals surface area (Å²) >= 11 is 0. The van der Waals surface area contributed by atoms with E-state index in [9.17, 15) is 4.79 Å². The summed E-state index contributed by atoms with van der Waals surface area (Å²) in [5, 5.41) is 8.81. The molecular weight excluding hydrogens is 196 g/mol. The fourth-order valence-corrected chi connectivity index (χ4v) is 1.64. The first-order valence-electron chi connectivity index (χ1n) is 4.95. The minimum Gasteiger partial charge on any atom is -0.467 e. The highest BCUT2D eigenvalue weighted by molar-refractivity contribution is 5.75. The Kier molecular flexibility index (Phi) is 4.06. The SMILES string of the molecule is COC(=O)C1CN(C(C)C#N)C[C@@H](C)O1. The molecule has 0 N–H and O–H groups in total. The van der Waals surface area contributed by atoms with Crippen LogP contribution in [0.15, 0.2) is 0 Å². The van der Waals surface area contributed by atoms with E-state index in [2.05, 4.69) is 10.8 Å². The largest absolute Gasteiger partial charge is 0.467 e. The quantitative estimate of drug-likeness (QED) is 0.610. The second kappa shape index (κ2) is 5.10. The number of nitrogens with zero attached hydrogens (tertiary/aromatic N) is 2. The van der Waals surface area contributed by atoms with Gasteiger partial charge in [0.05, 0.1) is 25.3 Å². The number of ether oxygens (including phenoxy) is 2. The second-order valence-electron chi connectivity index (χ2n) is 3.72. The molecule has 15 heavy (non-hydrogen) atoms. The molecule has 1 heterocycles. The zero-order valence-electron chi connectivity index (χ0n) is 9.27. The molecule has 0 bridgehead atoms. The maximum absolute atomic E-state index is 11.3. The van der Waals surface area contributed by atoms with Crippen molar-refractivity contribution in [1.29, 1.82) is 5.26 Å². The van der Waals surface area contributed by atoms with Crippen molar-refractivity contribution < 1.29 is 14.3 Å². The van der Waals surface area contributed by atoms with Crippen LogP contribution < -0.4 is 0 Å². The summed E-state index contributed by atoms with van der Waals surface area (Å²) in [6.45, 7) is 4.78. The zero-order valence-corrected chi connectivity index (χ0v) is 9.27. The normalized spacial score (nSPS) is 29.2. The van der Waals surface area contributed by atoms with E-state index >= 15 is 0 Å². The van der Waals surface area contributed by atoms with Crippen LogP contribution in [-0.4, -0.2) is 49.3 Å². The first-order chi connectivity index (χ1) is 7.08. The van der Waals surface area contributed by atoms with Crippen LogP contribution in [0, 0.1) is 11.3 Å². The Labute approximate surface area is 89.6 Å². The lowest BCUT2D eigenvalue weighted by atomic mass is 10.2. The van der Waals surface area contributed by atoms with Crippen molar-refractivity contribution >= 4 is 5.97 Å². The fraction of sp³-hybridized carbons (Fsp3) is 0.800.